The summed E-state index contributed by atoms with van der Waals surface area (Å²) >= 11 is 9.82. The number of likely N-dealkylation sites (N-methyl/N-ethyl adjacent to an activating group) is 1. The fourth-order valence-electron chi connectivity index (χ4n) is 0.369. The van der Waals surface area contributed by atoms with Crippen molar-refractivity contribution in [3.8, 4) is 0 Å². The number of halogens is 2. The number of nitrogens with one attached hydrogen (secondary N) is 2. The third kappa shape index (κ3) is 3.90. The van der Waals surface area contributed by atoms with Gasteiger partial charge >= 0.3 is 5.97 Å². The molecule has 0 aliphatic rings. The first-order chi connectivity index (χ1) is 5.11. The highest BCUT2D eigenvalue weighted by molar-refractivity contribution is 6.21. The predicted octanol–water partition coefficient (Wildman–Crippen LogP) is 0.293. The van der Waals surface area contributed by atoms with Crippen molar-refractivity contribution in [3.05, 3.63) is 0 Å². The molecular formula is C4H7Cl2N3O2. The molecule has 0 rings (SSSR count). The first kappa shape index (κ1) is 10.3. The monoisotopic (exact) mass is 199 g/mol. The normalized spacial score (nSPS) is 8.64. The van der Waals surface area contributed by atoms with Crippen LogP contribution in [0.5, 0.6) is 0 Å². The van der Waals surface area contributed by atoms with Crippen LogP contribution in [-0.2, 0) is 9.08 Å². The van der Waals surface area contributed by atoms with E-state index < -0.39 is 5.97 Å². The molecule has 0 radical (unpaired) electrons. The highest BCUT2D eigenvalue weighted by Gasteiger charge is 2.09. The summed E-state index contributed by atoms with van der Waals surface area (Å²) in [4.78, 5) is 13.7. The second kappa shape index (κ2) is 5.03. The zero-order valence-corrected chi connectivity index (χ0v) is 7.24. The van der Waals surface area contributed by atoms with Gasteiger partial charge < -0.3 is 9.19 Å². The van der Waals surface area contributed by atoms with Gasteiger partial charge in [0.25, 0.3) is 0 Å². The van der Waals surface area contributed by atoms with Crippen LogP contribution in [-0.4, -0.2) is 30.4 Å². The van der Waals surface area contributed by atoms with Gasteiger partial charge in [-0.2, -0.15) is 0 Å². The highest BCUT2D eigenvalue weighted by atomic mass is 35.5. The van der Waals surface area contributed by atoms with Gasteiger partial charge in [0.15, 0.2) is 0 Å². The SMILES string of the molecule is CN(CC(=O)OCl)C(=N)NCl. The number of carbonyl (C=O) groups excluding carboxylic acids is 1. The number of hydrogen-bond donors (Lipinski definition) is 2. The standard InChI is InChI=1S/C4H7Cl2N3O2/c1-9(4(7)8-5)2-3(10)11-6/h2H2,1H3,(H2,7,8). The molecule has 64 valence electrons. The fraction of sp³-hybridized carbons (Fsp3) is 0.500. The summed E-state index contributed by atoms with van der Waals surface area (Å²) in [6.45, 7) is -0.123. The lowest BCUT2D eigenvalue weighted by Gasteiger charge is -2.15. The van der Waals surface area contributed by atoms with Gasteiger partial charge in [-0.25, -0.2) is 4.79 Å². The van der Waals surface area contributed by atoms with Gasteiger partial charge in [-0.05, 0) is 0 Å². The van der Waals surface area contributed by atoms with E-state index in [4.69, 9.17) is 29.1 Å². The molecular weight excluding hydrogens is 193 g/mol. The molecule has 2 N–H and O–H groups in total. The van der Waals surface area contributed by atoms with Crippen molar-refractivity contribution in [1.82, 2.24) is 9.74 Å². The van der Waals surface area contributed by atoms with E-state index in [9.17, 15) is 4.79 Å². The Kier molecular flexibility index (Phi) is 4.72. The van der Waals surface area contributed by atoms with Gasteiger partial charge in [0.1, 0.15) is 18.4 Å². The third-order valence-corrected chi connectivity index (χ3v) is 1.27. The molecule has 5 nitrogen and oxygen atoms in total. The molecule has 0 saturated carbocycles. The number of carbonyl (C=O) groups is 1. The number of hydrogen-bond acceptors (Lipinski definition) is 3. The van der Waals surface area contributed by atoms with Crippen LogP contribution in [0.15, 0.2) is 0 Å². The Bertz CT molecular complexity index is 163. The van der Waals surface area contributed by atoms with Crippen molar-refractivity contribution in [1.29, 1.82) is 5.41 Å². The maximum Gasteiger partial charge on any atom is 0.343 e. The van der Waals surface area contributed by atoms with Gasteiger partial charge in [0.2, 0.25) is 5.96 Å². The average Bonchev–Trinajstić information content (AvgIpc) is 2.02. The van der Waals surface area contributed by atoms with E-state index in [0.717, 1.165) is 0 Å². The summed E-state index contributed by atoms with van der Waals surface area (Å²) < 4.78 is 3.84. The predicted molar refractivity (Wildman–Crippen MR) is 41.3 cm³/mol. The molecule has 0 aliphatic heterocycles. The summed E-state index contributed by atoms with van der Waals surface area (Å²) in [6.07, 6.45) is 0. The summed E-state index contributed by atoms with van der Waals surface area (Å²) in [7, 11) is 1.49. The van der Waals surface area contributed by atoms with Crippen LogP contribution in [0.3, 0.4) is 0 Å². The Morgan fingerprint density at radius 3 is 2.73 bits per heavy atom. The molecule has 0 atom stereocenters. The fourth-order valence-corrected chi connectivity index (χ4v) is 0.562. The van der Waals surface area contributed by atoms with E-state index in [1.54, 1.807) is 0 Å². The van der Waals surface area contributed by atoms with E-state index >= 15 is 0 Å². The van der Waals surface area contributed by atoms with Crippen molar-refractivity contribution in [2.75, 3.05) is 13.6 Å². The van der Waals surface area contributed by atoms with Crippen LogP contribution in [0.4, 0.5) is 0 Å². The smallest absolute Gasteiger partial charge is 0.343 e. The van der Waals surface area contributed by atoms with Gasteiger partial charge in [0.05, 0.1) is 0 Å². The van der Waals surface area contributed by atoms with Crippen molar-refractivity contribution in [2.45, 2.75) is 0 Å². The second-order valence-electron chi connectivity index (χ2n) is 1.75. The van der Waals surface area contributed by atoms with Crippen molar-refractivity contribution >= 4 is 35.6 Å². The minimum absolute atomic E-state index is 0.103. The van der Waals surface area contributed by atoms with Gasteiger partial charge in [-0.3, -0.25) is 10.2 Å². The lowest BCUT2D eigenvalue weighted by Crippen LogP contribution is -2.37. The summed E-state index contributed by atoms with van der Waals surface area (Å²) in [5.74, 6) is -0.750. The van der Waals surface area contributed by atoms with Crippen LogP contribution in [0.1, 0.15) is 0 Å². The molecule has 0 aromatic heterocycles. The molecule has 7 heteroatoms. The van der Waals surface area contributed by atoms with Gasteiger partial charge in [-0.1, -0.05) is 0 Å². The molecule has 11 heavy (non-hydrogen) atoms. The molecule has 0 unspecified atom stereocenters. The van der Waals surface area contributed by atoms with E-state index in [-0.39, 0.29) is 12.5 Å². The summed E-state index contributed by atoms with van der Waals surface area (Å²) in [5.41, 5.74) is 0. The molecule has 0 fully saturated rings. The minimum atomic E-state index is -0.647. The lowest BCUT2D eigenvalue weighted by atomic mass is 10.6. The van der Waals surface area contributed by atoms with Crippen molar-refractivity contribution in [3.63, 3.8) is 0 Å². The third-order valence-electron chi connectivity index (χ3n) is 0.924. The summed E-state index contributed by atoms with van der Waals surface area (Å²) in [6, 6.07) is 0. The van der Waals surface area contributed by atoms with Gasteiger partial charge in [0, 0.05) is 18.8 Å². The first-order valence-electron chi connectivity index (χ1n) is 2.59. The Hall–Kier alpha value is -0.680. The first-order valence-corrected chi connectivity index (χ1v) is 3.28. The molecule has 0 amide bonds. The van der Waals surface area contributed by atoms with Gasteiger partial charge in [-0.15, -0.1) is 0 Å². The lowest BCUT2D eigenvalue weighted by molar-refractivity contribution is -0.134. The quantitative estimate of drug-likeness (QED) is 0.382. The van der Waals surface area contributed by atoms with E-state index in [0.29, 0.717) is 0 Å². The molecule has 0 aromatic carbocycles. The van der Waals surface area contributed by atoms with Crippen LogP contribution in [0.2, 0.25) is 0 Å². The molecule has 0 aliphatic carbocycles. The maximum atomic E-state index is 10.5. The van der Waals surface area contributed by atoms with E-state index in [1.165, 1.54) is 11.9 Å². The highest BCUT2D eigenvalue weighted by Crippen LogP contribution is 1.88. The Labute approximate surface area is 74.0 Å². The summed E-state index contributed by atoms with van der Waals surface area (Å²) in [5, 5.41) is 7.04. The zero-order chi connectivity index (χ0) is 8.85. The van der Waals surface area contributed by atoms with E-state index in [2.05, 4.69) is 4.29 Å². The molecule has 0 saturated heterocycles. The minimum Gasteiger partial charge on any atom is -0.346 e. The van der Waals surface area contributed by atoms with Crippen molar-refractivity contribution < 1.29 is 9.08 Å². The van der Waals surface area contributed by atoms with E-state index in [1.807, 2.05) is 4.84 Å². The van der Waals surface area contributed by atoms with Crippen LogP contribution in [0, 0.1) is 5.41 Å². The topological polar surface area (TPSA) is 65.4 Å². The van der Waals surface area contributed by atoms with Crippen LogP contribution >= 0.6 is 23.6 Å². The zero-order valence-electron chi connectivity index (χ0n) is 5.73. The van der Waals surface area contributed by atoms with Crippen molar-refractivity contribution in [2.24, 2.45) is 0 Å². The number of rotatable bonds is 2. The van der Waals surface area contributed by atoms with Crippen LogP contribution in [0.25, 0.3) is 0 Å². The Morgan fingerprint density at radius 2 is 2.36 bits per heavy atom. The molecule has 0 heterocycles. The molecule has 0 aromatic rings. The molecule has 0 spiro atoms. The maximum absolute atomic E-state index is 10.5. The largest absolute Gasteiger partial charge is 0.346 e. The molecule has 0 bridgehead atoms. The number of guanidine groups is 1. The second-order valence-corrected chi connectivity index (χ2v) is 2.09. The number of nitrogens with zero attached hydrogens (tertiary/aromatic N) is 1. The van der Waals surface area contributed by atoms with Crippen LogP contribution < -0.4 is 4.84 Å². The Balaban J connectivity index is 3.77. The Morgan fingerprint density at radius 1 is 1.82 bits per heavy atom. The average molecular weight is 200 g/mol.